The van der Waals surface area contributed by atoms with Crippen molar-refractivity contribution < 1.29 is 14.3 Å². The Bertz CT molecular complexity index is 494. The van der Waals surface area contributed by atoms with Crippen LogP contribution in [0.1, 0.15) is 57.4 Å². The minimum atomic E-state index is -0.615. The summed E-state index contributed by atoms with van der Waals surface area (Å²) in [6, 6.07) is 2.15. The molecule has 1 aliphatic heterocycles. The molecule has 1 amide bonds. The molecule has 0 unspecified atom stereocenters. The molecule has 0 spiro atoms. The Labute approximate surface area is 132 Å². The van der Waals surface area contributed by atoms with Crippen LogP contribution in [0.15, 0.2) is 23.0 Å². The van der Waals surface area contributed by atoms with E-state index in [2.05, 4.69) is 0 Å². The molecular formula is C18H27NO3. The molecule has 4 nitrogen and oxygen atoms in total. The van der Waals surface area contributed by atoms with Gasteiger partial charge in [0.25, 0.3) is 0 Å². The number of carbonyl (C=O) groups excluding carboxylic acids is 1. The summed E-state index contributed by atoms with van der Waals surface area (Å²) >= 11 is 0. The number of aliphatic hydroxyl groups is 1. The lowest BCUT2D eigenvalue weighted by Crippen LogP contribution is -2.50. The third-order valence-corrected chi connectivity index (χ3v) is 5.54. The summed E-state index contributed by atoms with van der Waals surface area (Å²) in [6.45, 7) is 2.81. The number of furan rings is 1. The van der Waals surface area contributed by atoms with Gasteiger partial charge in [0.1, 0.15) is 0 Å². The number of amides is 1. The van der Waals surface area contributed by atoms with Gasteiger partial charge in [0, 0.05) is 24.9 Å². The fraction of sp³-hybridized carbons (Fsp3) is 0.722. The van der Waals surface area contributed by atoms with E-state index in [1.807, 2.05) is 17.9 Å². The molecule has 1 aromatic heterocycles. The highest BCUT2D eigenvalue weighted by Gasteiger charge is 2.44. The molecule has 3 atom stereocenters. The molecule has 4 heteroatoms. The Hall–Kier alpha value is -1.29. The van der Waals surface area contributed by atoms with Crippen LogP contribution in [0.2, 0.25) is 0 Å². The molecule has 3 rings (SSSR count). The van der Waals surface area contributed by atoms with E-state index in [0.29, 0.717) is 6.42 Å². The van der Waals surface area contributed by atoms with Crippen LogP contribution in [0.3, 0.4) is 0 Å². The van der Waals surface area contributed by atoms with Crippen molar-refractivity contribution >= 4 is 5.91 Å². The summed E-state index contributed by atoms with van der Waals surface area (Å²) < 4.78 is 5.06. The second kappa shape index (κ2) is 6.45. The van der Waals surface area contributed by atoms with Crippen molar-refractivity contribution in [3.63, 3.8) is 0 Å². The SMILES string of the molecule is C[C@]1(O)CCCC[C@@H]1[C@@H]1CCCN1C(=O)CCc1ccoc1. The predicted molar refractivity (Wildman–Crippen MR) is 84.3 cm³/mol. The van der Waals surface area contributed by atoms with Gasteiger partial charge in [-0.1, -0.05) is 12.8 Å². The Kier molecular flexibility index (Phi) is 4.57. The van der Waals surface area contributed by atoms with Gasteiger partial charge in [-0.05, 0) is 50.7 Å². The monoisotopic (exact) mass is 305 g/mol. The Morgan fingerprint density at radius 3 is 3.00 bits per heavy atom. The van der Waals surface area contributed by atoms with Crippen molar-refractivity contribution in [3.05, 3.63) is 24.2 Å². The fourth-order valence-corrected chi connectivity index (χ4v) is 4.30. The zero-order valence-corrected chi connectivity index (χ0v) is 13.5. The number of carbonyl (C=O) groups is 1. The van der Waals surface area contributed by atoms with E-state index in [0.717, 1.165) is 50.6 Å². The van der Waals surface area contributed by atoms with Crippen LogP contribution in [0.4, 0.5) is 0 Å². The lowest BCUT2D eigenvalue weighted by atomic mass is 9.72. The van der Waals surface area contributed by atoms with E-state index >= 15 is 0 Å². The maximum absolute atomic E-state index is 12.6. The second-order valence-corrected chi connectivity index (χ2v) is 7.14. The smallest absolute Gasteiger partial charge is 0.223 e. The average Bonchev–Trinajstić information content (AvgIpc) is 3.15. The first kappa shape index (κ1) is 15.6. The molecule has 2 heterocycles. The molecule has 0 aromatic carbocycles. The van der Waals surface area contributed by atoms with Crippen molar-refractivity contribution in [2.24, 2.45) is 5.92 Å². The lowest BCUT2D eigenvalue weighted by Gasteiger charge is -2.43. The van der Waals surface area contributed by atoms with Gasteiger partial charge in [-0.3, -0.25) is 4.79 Å². The van der Waals surface area contributed by atoms with Gasteiger partial charge in [-0.15, -0.1) is 0 Å². The van der Waals surface area contributed by atoms with Crippen LogP contribution in [0, 0.1) is 5.92 Å². The van der Waals surface area contributed by atoms with Crippen LogP contribution in [-0.2, 0) is 11.2 Å². The third kappa shape index (κ3) is 3.22. The molecule has 1 saturated heterocycles. The summed E-state index contributed by atoms with van der Waals surface area (Å²) in [5.41, 5.74) is 0.463. The summed E-state index contributed by atoms with van der Waals surface area (Å²) in [7, 11) is 0. The average molecular weight is 305 g/mol. The summed E-state index contributed by atoms with van der Waals surface area (Å²) in [5.74, 6) is 0.465. The first-order valence-electron chi connectivity index (χ1n) is 8.61. The van der Waals surface area contributed by atoms with Crippen LogP contribution in [-0.4, -0.2) is 34.1 Å². The quantitative estimate of drug-likeness (QED) is 0.929. The Balaban J connectivity index is 1.63. The van der Waals surface area contributed by atoms with Crippen molar-refractivity contribution in [2.75, 3.05) is 6.54 Å². The number of hydrogen-bond acceptors (Lipinski definition) is 3. The molecule has 0 radical (unpaired) electrons. The molecular weight excluding hydrogens is 278 g/mol. The summed E-state index contributed by atoms with van der Waals surface area (Å²) in [4.78, 5) is 14.7. The van der Waals surface area contributed by atoms with E-state index in [1.165, 1.54) is 6.42 Å². The van der Waals surface area contributed by atoms with Gasteiger partial charge in [-0.2, -0.15) is 0 Å². The van der Waals surface area contributed by atoms with E-state index in [4.69, 9.17) is 4.42 Å². The molecule has 2 aliphatic rings. The number of hydrogen-bond donors (Lipinski definition) is 1. The minimum Gasteiger partial charge on any atom is -0.472 e. The van der Waals surface area contributed by atoms with Crippen molar-refractivity contribution in [3.8, 4) is 0 Å². The van der Waals surface area contributed by atoms with Gasteiger partial charge in [0.05, 0.1) is 18.1 Å². The fourth-order valence-electron chi connectivity index (χ4n) is 4.30. The minimum absolute atomic E-state index is 0.227. The van der Waals surface area contributed by atoms with Crippen LogP contribution in [0.5, 0.6) is 0 Å². The van der Waals surface area contributed by atoms with E-state index in [1.54, 1.807) is 12.5 Å². The first-order valence-corrected chi connectivity index (χ1v) is 8.61. The second-order valence-electron chi connectivity index (χ2n) is 7.14. The van der Waals surface area contributed by atoms with E-state index in [9.17, 15) is 9.90 Å². The van der Waals surface area contributed by atoms with Gasteiger partial charge >= 0.3 is 0 Å². The maximum Gasteiger partial charge on any atom is 0.223 e. The van der Waals surface area contributed by atoms with Gasteiger partial charge in [0.2, 0.25) is 5.91 Å². The van der Waals surface area contributed by atoms with E-state index < -0.39 is 5.60 Å². The van der Waals surface area contributed by atoms with E-state index in [-0.39, 0.29) is 17.9 Å². The molecule has 1 N–H and O–H groups in total. The molecule has 22 heavy (non-hydrogen) atoms. The number of nitrogens with zero attached hydrogens (tertiary/aromatic N) is 1. The molecule has 2 fully saturated rings. The predicted octanol–water partition coefficient (Wildman–Crippen LogP) is 3.14. The highest BCUT2D eigenvalue weighted by molar-refractivity contribution is 5.77. The van der Waals surface area contributed by atoms with Gasteiger partial charge in [-0.25, -0.2) is 0 Å². The number of rotatable bonds is 4. The highest BCUT2D eigenvalue weighted by Crippen LogP contribution is 2.40. The highest BCUT2D eigenvalue weighted by atomic mass is 16.3. The standard InChI is InChI=1S/C18H27NO3/c1-18(21)10-3-2-5-15(18)16-6-4-11-19(16)17(20)8-7-14-9-12-22-13-14/h9,12-13,15-16,21H,2-8,10-11H2,1H3/t15-,16+,18+/m1/s1. The molecule has 1 saturated carbocycles. The van der Waals surface area contributed by atoms with Crippen molar-refractivity contribution in [2.45, 2.75) is 69.9 Å². The molecule has 1 aliphatic carbocycles. The largest absolute Gasteiger partial charge is 0.472 e. The molecule has 1 aromatic rings. The zero-order valence-electron chi connectivity index (χ0n) is 13.5. The van der Waals surface area contributed by atoms with Gasteiger partial charge in [0.15, 0.2) is 0 Å². The van der Waals surface area contributed by atoms with Gasteiger partial charge < -0.3 is 14.4 Å². The Morgan fingerprint density at radius 2 is 2.27 bits per heavy atom. The topological polar surface area (TPSA) is 53.7 Å². The van der Waals surface area contributed by atoms with Crippen LogP contribution >= 0.6 is 0 Å². The third-order valence-electron chi connectivity index (χ3n) is 5.54. The summed E-state index contributed by atoms with van der Waals surface area (Å²) in [5, 5.41) is 10.7. The normalized spacial score (nSPS) is 32.4. The zero-order chi connectivity index (χ0) is 15.6. The van der Waals surface area contributed by atoms with Crippen molar-refractivity contribution in [1.29, 1.82) is 0 Å². The Morgan fingerprint density at radius 1 is 1.41 bits per heavy atom. The van der Waals surface area contributed by atoms with Crippen molar-refractivity contribution in [1.82, 2.24) is 4.90 Å². The van der Waals surface area contributed by atoms with Crippen LogP contribution < -0.4 is 0 Å². The molecule has 122 valence electrons. The lowest BCUT2D eigenvalue weighted by molar-refractivity contribution is -0.136. The number of aryl methyl sites for hydroxylation is 1. The number of likely N-dealkylation sites (tertiary alicyclic amines) is 1. The first-order chi connectivity index (χ1) is 10.6. The van der Waals surface area contributed by atoms with Crippen LogP contribution in [0.25, 0.3) is 0 Å². The summed E-state index contributed by atoms with van der Waals surface area (Å²) in [6.07, 6.45) is 10.9. The maximum atomic E-state index is 12.6. The molecule has 0 bridgehead atoms.